The molecule has 3 heteroatoms. The highest BCUT2D eigenvalue weighted by molar-refractivity contribution is 5.28. The topological polar surface area (TPSA) is 45.0 Å². The third-order valence-corrected chi connectivity index (χ3v) is 1.90. The fourth-order valence-electron chi connectivity index (χ4n) is 1.07. The van der Waals surface area contributed by atoms with E-state index < -0.39 is 0 Å². The molecule has 0 saturated carbocycles. The number of nitrogens with zero attached hydrogens (tertiary/aromatic N) is 1. The molecule has 0 radical (unpaired) electrons. The Balaban J connectivity index is 2.74. The number of hydrogen-bond donors (Lipinski definition) is 1. The summed E-state index contributed by atoms with van der Waals surface area (Å²) in [5.74, 6) is 0.827. The monoisotopic (exact) mass is 176 g/mol. The molecule has 13 heavy (non-hydrogen) atoms. The van der Waals surface area contributed by atoms with Crippen LogP contribution in [0.15, 0.2) is 24.3 Å². The van der Waals surface area contributed by atoms with Crippen molar-refractivity contribution in [3.8, 4) is 11.9 Å². The van der Waals surface area contributed by atoms with Gasteiger partial charge in [0, 0.05) is 0 Å². The van der Waals surface area contributed by atoms with Crippen LogP contribution in [0.4, 0.5) is 0 Å². The first-order valence-electron chi connectivity index (χ1n) is 4.06. The number of methoxy groups -OCH3 is 1. The molecule has 1 atom stereocenters. The zero-order valence-electron chi connectivity index (χ0n) is 7.74. The molecule has 0 saturated heterocycles. The average Bonchev–Trinajstić information content (AvgIpc) is 2.18. The first kappa shape index (κ1) is 9.40. The first-order chi connectivity index (χ1) is 6.27. The van der Waals surface area contributed by atoms with Crippen LogP contribution < -0.4 is 10.1 Å². The Labute approximate surface area is 77.9 Å². The second-order valence-electron chi connectivity index (χ2n) is 2.75. The van der Waals surface area contributed by atoms with Gasteiger partial charge < -0.3 is 10.1 Å². The number of ether oxygens (including phenoxy) is 1. The molecular formula is C10H12N2O. The van der Waals surface area contributed by atoms with Gasteiger partial charge in [0.15, 0.2) is 6.19 Å². The first-order valence-corrected chi connectivity index (χ1v) is 4.06. The third-order valence-electron chi connectivity index (χ3n) is 1.90. The molecule has 0 amide bonds. The van der Waals surface area contributed by atoms with E-state index >= 15 is 0 Å². The lowest BCUT2D eigenvalue weighted by Gasteiger charge is -2.09. The molecule has 0 aliphatic heterocycles. The molecule has 3 nitrogen and oxygen atoms in total. The number of hydrogen-bond acceptors (Lipinski definition) is 3. The van der Waals surface area contributed by atoms with E-state index in [4.69, 9.17) is 10.00 Å². The molecule has 0 bridgehead atoms. The van der Waals surface area contributed by atoms with Crippen molar-refractivity contribution < 1.29 is 4.74 Å². The van der Waals surface area contributed by atoms with Gasteiger partial charge in [-0.25, -0.2) is 0 Å². The van der Waals surface area contributed by atoms with E-state index in [9.17, 15) is 0 Å². The molecule has 1 aromatic carbocycles. The van der Waals surface area contributed by atoms with Crippen molar-refractivity contribution in [2.24, 2.45) is 0 Å². The number of benzene rings is 1. The van der Waals surface area contributed by atoms with Crippen molar-refractivity contribution in [1.82, 2.24) is 5.32 Å². The Bertz CT molecular complexity index is 300. The van der Waals surface area contributed by atoms with E-state index in [1.165, 1.54) is 0 Å². The van der Waals surface area contributed by atoms with Crippen molar-refractivity contribution in [3.63, 3.8) is 0 Å². The largest absolute Gasteiger partial charge is 0.497 e. The van der Waals surface area contributed by atoms with Crippen molar-refractivity contribution in [2.45, 2.75) is 13.0 Å². The van der Waals surface area contributed by atoms with Crippen LogP contribution in [0.1, 0.15) is 18.5 Å². The maximum atomic E-state index is 8.41. The van der Waals surface area contributed by atoms with Crippen molar-refractivity contribution in [2.75, 3.05) is 7.11 Å². The Morgan fingerprint density at radius 3 is 2.46 bits per heavy atom. The minimum atomic E-state index is 0.0518. The zero-order valence-corrected chi connectivity index (χ0v) is 7.74. The smallest absolute Gasteiger partial charge is 0.177 e. The van der Waals surface area contributed by atoms with Crippen molar-refractivity contribution in [1.29, 1.82) is 5.26 Å². The highest BCUT2D eigenvalue weighted by atomic mass is 16.5. The molecular weight excluding hydrogens is 164 g/mol. The highest BCUT2D eigenvalue weighted by Gasteiger charge is 2.02. The van der Waals surface area contributed by atoms with E-state index in [2.05, 4.69) is 5.32 Å². The second-order valence-corrected chi connectivity index (χ2v) is 2.75. The lowest BCUT2D eigenvalue weighted by molar-refractivity contribution is 0.414. The Kier molecular flexibility index (Phi) is 3.15. The summed E-state index contributed by atoms with van der Waals surface area (Å²) in [6, 6.07) is 7.69. The summed E-state index contributed by atoms with van der Waals surface area (Å²) in [5, 5.41) is 11.1. The number of nitrogens with one attached hydrogen (secondary N) is 1. The van der Waals surface area contributed by atoms with Crippen LogP contribution in [0, 0.1) is 11.5 Å². The molecule has 0 fully saturated rings. The SMILES string of the molecule is COc1ccc([C@H](C)NC#N)cc1. The van der Waals surface area contributed by atoms with Crippen LogP contribution in [0.25, 0.3) is 0 Å². The molecule has 0 aliphatic rings. The Morgan fingerprint density at radius 2 is 2.00 bits per heavy atom. The lowest BCUT2D eigenvalue weighted by atomic mass is 10.1. The summed E-state index contributed by atoms with van der Waals surface area (Å²) in [7, 11) is 1.63. The molecule has 0 aromatic heterocycles. The van der Waals surface area contributed by atoms with Gasteiger partial charge in [0.2, 0.25) is 0 Å². The van der Waals surface area contributed by atoms with Crippen LogP contribution in [0.3, 0.4) is 0 Å². The molecule has 0 aliphatic carbocycles. The summed E-state index contributed by atoms with van der Waals surface area (Å²) in [6.07, 6.45) is 1.91. The fraction of sp³-hybridized carbons (Fsp3) is 0.300. The van der Waals surface area contributed by atoms with Gasteiger partial charge in [0.25, 0.3) is 0 Å². The normalized spacial score (nSPS) is 11.5. The van der Waals surface area contributed by atoms with Crippen molar-refractivity contribution >= 4 is 0 Å². The predicted octanol–water partition coefficient (Wildman–Crippen LogP) is 1.83. The van der Waals surface area contributed by atoms with Gasteiger partial charge >= 0.3 is 0 Å². The second kappa shape index (κ2) is 4.36. The van der Waals surface area contributed by atoms with Crippen LogP contribution in [-0.2, 0) is 0 Å². The van der Waals surface area contributed by atoms with E-state index in [0.29, 0.717) is 0 Å². The van der Waals surface area contributed by atoms with Crippen molar-refractivity contribution in [3.05, 3.63) is 29.8 Å². The van der Waals surface area contributed by atoms with Gasteiger partial charge in [-0.1, -0.05) is 12.1 Å². The predicted molar refractivity (Wildman–Crippen MR) is 50.2 cm³/mol. The summed E-state index contributed by atoms with van der Waals surface area (Å²) in [6.45, 7) is 1.94. The standard InChI is InChI=1S/C10H12N2O/c1-8(12-7-11)9-3-5-10(13-2)6-4-9/h3-6,8,12H,1-2H3/t8-/m0/s1. The average molecular weight is 176 g/mol. The van der Waals surface area contributed by atoms with Gasteiger partial charge in [-0.15, -0.1) is 0 Å². The van der Waals surface area contributed by atoms with Crippen LogP contribution >= 0.6 is 0 Å². The third kappa shape index (κ3) is 2.38. The molecule has 0 heterocycles. The van der Waals surface area contributed by atoms with Crippen LogP contribution in [-0.4, -0.2) is 7.11 Å². The van der Waals surface area contributed by atoms with Crippen LogP contribution in [0.5, 0.6) is 5.75 Å². The molecule has 0 spiro atoms. The van der Waals surface area contributed by atoms with E-state index in [1.54, 1.807) is 7.11 Å². The van der Waals surface area contributed by atoms with Gasteiger partial charge in [-0.05, 0) is 24.6 Å². The summed E-state index contributed by atoms with van der Waals surface area (Å²) >= 11 is 0. The zero-order chi connectivity index (χ0) is 9.68. The van der Waals surface area contributed by atoms with Gasteiger partial charge in [-0.2, -0.15) is 5.26 Å². The maximum absolute atomic E-state index is 8.41. The minimum absolute atomic E-state index is 0.0518. The van der Waals surface area contributed by atoms with E-state index in [-0.39, 0.29) is 6.04 Å². The maximum Gasteiger partial charge on any atom is 0.177 e. The molecule has 0 unspecified atom stereocenters. The van der Waals surface area contributed by atoms with Gasteiger partial charge in [-0.3, -0.25) is 0 Å². The number of rotatable bonds is 3. The quantitative estimate of drug-likeness (QED) is 0.564. The molecule has 1 N–H and O–H groups in total. The summed E-state index contributed by atoms with van der Waals surface area (Å²) in [5.41, 5.74) is 1.07. The van der Waals surface area contributed by atoms with E-state index in [0.717, 1.165) is 11.3 Å². The fourth-order valence-corrected chi connectivity index (χ4v) is 1.07. The molecule has 1 aromatic rings. The van der Waals surface area contributed by atoms with E-state index in [1.807, 2.05) is 37.4 Å². The minimum Gasteiger partial charge on any atom is -0.497 e. The van der Waals surface area contributed by atoms with Gasteiger partial charge in [0.05, 0.1) is 13.2 Å². The molecule has 1 rings (SSSR count). The number of nitriles is 1. The lowest BCUT2D eigenvalue weighted by Crippen LogP contribution is -2.11. The highest BCUT2D eigenvalue weighted by Crippen LogP contribution is 2.16. The summed E-state index contributed by atoms with van der Waals surface area (Å²) < 4.78 is 5.02. The summed E-state index contributed by atoms with van der Waals surface area (Å²) in [4.78, 5) is 0. The Hall–Kier alpha value is -1.69. The molecule has 68 valence electrons. The van der Waals surface area contributed by atoms with Gasteiger partial charge in [0.1, 0.15) is 5.75 Å². The van der Waals surface area contributed by atoms with Crippen LogP contribution in [0.2, 0.25) is 0 Å². The Morgan fingerprint density at radius 1 is 1.38 bits per heavy atom.